The Morgan fingerprint density at radius 2 is 2.00 bits per heavy atom. The minimum Gasteiger partial charge on any atom is -0.221 e. The van der Waals surface area contributed by atoms with Crippen LogP contribution in [0.2, 0.25) is 5.15 Å². The minimum absolute atomic E-state index is 0.564. The molecule has 0 aliphatic heterocycles. The van der Waals surface area contributed by atoms with Crippen LogP contribution in [0.15, 0.2) is 41.3 Å². The fraction of sp³-hybridized carbons (Fsp3) is 0.200. The van der Waals surface area contributed by atoms with Crippen LogP contribution < -0.4 is 0 Å². The second-order valence-corrected chi connectivity index (χ2v) is 6.84. The molecule has 0 atom stereocenters. The molecule has 0 saturated carbocycles. The Kier molecular flexibility index (Phi) is 4.24. The van der Waals surface area contributed by atoms with Crippen molar-refractivity contribution in [3.05, 3.63) is 52.3 Å². The van der Waals surface area contributed by atoms with E-state index in [-0.39, 0.29) is 0 Å². The molecule has 5 heteroatoms. The molecule has 0 aliphatic carbocycles. The van der Waals surface area contributed by atoms with E-state index >= 15 is 0 Å². The molecule has 20 heavy (non-hydrogen) atoms. The summed E-state index contributed by atoms with van der Waals surface area (Å²) in [5, 5.41) is 1.54. The lowest BCUT2D eigenvalue weighted by Gasteiger charge is -2.02. The standard InChI is InChI=1S/C15H13ClN2S2/c1-2-10-8-12-14(16)17-13(18-15(12)20-10)9-19-11-6-4-3-5-7-11/h3-8H,2,9H2,1H3. The number of aryl methyl sites for hydroxylation is 1. The van der Waals surface area contributed by atoms with Crippen molar-refractivity contribution in [1.29, 1.82) is 0 Å². The molecule has 3 aromatic rings. The third-order valence-corrected chi connectivity index (χ3v) is 5.37. The molecule has 2 aromatic heterocycles. The summed E-state index contributed by atoms with van der Waals surface area (Å²) >= 11 is 9.69. The summed E-state index contributed by atoms with van der Waals surface area (Å²) in [5.41, 5.74) is 0. The Balaban J connectivity index is 1.85. The molecule has 0 unspecified atom stereocenters. The Hall–Kier alpha value is -1.10. The number of hydrogen-bond acceptors (Lipinski definition) is 4. The number of aromatic nitrogens is 2. The predicted octanol–water partition coefficient (Wildman–Crippen LogP) is 5.20. The highest BCUT2D eigenvalue weighted by Crippen LogP contribution is 2.30. The summed E-state index contributed by atoms with van der Waals surface area (Å²) in [7, 11) is 0. The van der Waals surface area contributed by atoms with Gasteiger partial charge in [-0.05, 0) is 24.6 Å². The lowest BCUT2D eigenvalue weighted by atomic mass is 10.3. The number of hydrogen-bond donors (Lipinski definition) is 0. The highest BCUT2D eigenvalue weighted by Gasteiger charge is 2.10. The van der Waals surface area contributed by atoms with Crippen LogP contribution in [0.4, 0.5) is 0 Å². The number of thiophene rings is 1. The van der Waals surface area contributed by atoms with Gasteiger partial charge in [0.05, 0.1) is 5.75 Å². The van der Waals surface area contributed by atoms with Gasteiger partial charge in [-0.3, -0.25) is 0 Å². The van der Waals surface area contributed by atoms with Crippen molar-refractivity contribution in [2.75, 3.05) is 0 Å². The summed E-state index contributed by atoms with van der Waals surface area (Å²) in [6.07, 6.45) is 1.01. The number of rotatable bonds is 4. The van der Waals surface area contributed by atoms with Crippen LogP contribution in [-0.4, -0.2) is 9.97 Å². The topological polar surface area (TPSA) is 25.8 Å². The SMILES string of the molecule is CCc1cc2c(Cl)nc(CSc3ccccc3)nc2s1. The van der Waals surface area contributed by atoms with Gasteiger partial charge >= 0.3 is 0 Å². The largest absolute Gasteiger partial charge is 0.221 e. The molecule has 0 amide bonds. The molecule has 0 radical (unpaired) electrons. The Labute approximate surface area is 131 Å². The van der Waals surface area contributed by atoms with E-state index in [0.717, 1.165) is 28.2 Å². The lowest BCUT2D eigenvalue weighted by molar-refractivity contribution is 1.07. The van der Waals surface area contributed by atoms with Gasteiger partial charge in [0.1, 0.15) is 15.8 Å². The molecule has 0 aliphatic rings. The highest BCUT2D eigenvalue weighted by atomic mass is 35.5. The van der Waals surface area contributed by atoms with Crippen LogP contribution in [0.1, 0.15) is 17.6 Å². The fourth-order valence-electron chi connectivity index (χ4n) is 1.88. The number of fused-ring (bicyclic) bond motifs is 1. The van der Waals surface area contributed by atoms with E-state index in [1.54, 1.807) is 23.1 Å². The van der Waals surface area contributed by atoms with Crippen molar-refractivity contribution < 1.29 is 0 Å². The van der Waals surface area contributed by atoms with E-state index in [1.807, 2.05) is 18.2 Å². The molecule has 102 valence electrons. The lowest BCUT2D eigenvalue weighted by Crippen LogP contribution is -1.92. The van der Waals surface area contributed by atoms with Crippen molar-refractivity contribution in [2.45, 2.75) is 24.0 Å². The van der Waals surface area contributed by atoms with Gasteiger partial charge in [0.2, 0.25) is 0 Å². The van der Waals surface area contributed by atoms with Gasteiger partial charge in [0.25, 0.3) is 0 Å². The average molecular weight is 321 g/mol. The molecule has 2 heterocycles. The van der Waals surface area contributed by atoms with Crippen molar-refractivity contribution >= 4 is 44.9 Å². The molecule has 0 N–H and O–H groups in total. The van der Waals surface area contributed by atoms with Crippen LogP contribution in [0.25, 0.3) is 10.2 Å². The maximum atomic E-state index is 6.26. The molecule has 3 rings (SSSR count). The minimum atomic E-state index is 0.564. The van der Waals surface area contributed by atoms with Gasteiger partial charge < -0.3 is 0 Å². The zero-order valence-electron chi connectivity index (χ0n) is 11.0. The van der Waals surface area contributed by atoms with Gasteiger partial charge in [-0.25, -0.2) is 9.97 Å². The smallest absolute Gasteiger partial charge is 0.142 e. The normalized spacial score (nSPS) is 11.1. The zero-order valence-corrected chi connectivity index (χ0v) is 13.4. The molecule has 0 saturated heterocycles. The Bertz CT molecular complexity index is 725. The van der Waals surface area contributed by atoms with Crippen molar-refractivity contribution in [2.24, 2.45) is 0 Å². The van der Waals surface area contributed by atoms with Gasteiger partial charge in [-0.1, -0.05) is 36.7 Å². The summed E-state index contributed by atoms with van der Waals surface area (Å²) in [5.74, 6) is 1.53. The monoisotopic (exact) mass is 320 g/mol. The third kappa shape index (κ3) is 2.97. The Morgan fingerprint density at radius 3 is 2.75 bits per heavy atom. The van der Waals surface area contributed by atoms with Gasteiger partial charge in [0.15, 0.2) is 0 Å². The summed E-state index contributed by atoms with van der Waals surface area (Å²) in [4.78, 5) is 12.5. The van der Waals surface area contributed by atoms with E-state index < -0.39 is 0 Å². The van der Waals surface area contributed by atoms with E-state index in [2.05, 4.69) is 35.1 Å². The fourth-order valence-corrected chi connectivity index (χ4v) is 3.94. The molecule has 1 aromatic carbocycles. The van der Waals surface area contributed by atoms with Crippen LogP contribution in [0.5, 0.6) is 0 Å². The molecule has 0 spiro atoms. The molecule has 0 fully saturated rings. The number of benzene rings is 1. The number of nitrogens with zero attached hydrogens (tertiary/aromatic N) is 2. The van der Waals surface area contributed by atoms with Crippen molar-refractivity contribution in [1.82, 2.24) is 9.97 Å². The highest BCUT2D eigenvalue weighted by molar-refractivity contribution is 7.98. The average Bonchev–Trinajstić information content (AvgIpc) is 2.90. The number of thioether (sulfide) groups is 1. The first kappa shape index (κ1) is 13.9. The van der Waals surface area contributed by atoms with Crippen LogP contribution in [-0.2, 0) is 12.2 Å². The quantitative estimate of drug-likeness (QED) is 0.488. The maximum Gasteiger partial charge on any atom is 0.142 e. The molecule has 0 bridgehead atoms. The third-order valence-electron chi connectivity index (χ3n) is 2.90. The van der Waals surface area contributed by atoms with E-state index in [1.165, 1.54) is 9.77 Å². The van der Waals surface area contributed by atoms with E-state index in [0.29, 0.717) is 5.15 Å². The zero-order chi connectivity index (χ0) is 13.9. The van der Waals surface area contributed by atoms with Crippen molar-refractivity contribution in [3.8, 4) is 0 Å². The second-order valence-electron chi connectivity index (χ2n) is 4.32. The van der Waals surface area contributed by atoms with Crippen LogP contribution >= 0.6 is 34.7 Å². The van der Waals surface area contributed by atoms with E-state index in [9.17, 15) is 0 Å². The summed E-state index contributed by atoms with van der Waals surface area (Å²) in [6.45, 7) is 2.14. The van der Waals surface area contributed by atoms with Gasteiger partial charge in [-0.15, -0.1) is 23.1 Å². The van der Waals surface area contributed by atoms with Crippen molar-refractivity contribution in [3.63, 3.8) is 0 Å². The van der Waals surface area contributed by atoms with E-state index in [4.69, 9.17) is 11.6 Å². The first-order chi connectivity index (χ1) is 9.76. The van der Waals surface area contributed by atoms with Gasteiger partial charge in [-0.2, -0.15) is 0 Å². The molecular weight excluding hydrogens is 308 g/mol. The van der Waals surface area contributed by atoms with Crippen LogP contribution in [0.3, 0.4) is 0 Å². The predicted molar refractivity (Wildman–Crippen MR) is 87.8 cm³/mol. The second kappa shape index (κ2) is 6.12. The summed E-state index contributed by atoms with van der Waals surface area (Å²) < 4.78 is 0. The van der Waals surface area contributed by atoms with Gasteiger partial charge in [0, 0.05) is 15.2 Å². The first-order valence-corrected chi connectivity index (χ1v) is 8.57. The van der Waals surface area contributed by atoms with Crippen LogP contribution in [0, 0.1) is 0 Å². The maximum absolute atomic E-state index is 6.26. The molecule has 2 nitrogen and oxygen atoms in total. The number of halogens is 1. The first-order valence-electron chi connectivity index (χ1n) is 6.39. The summed E-state index contributed by atoms with van der Waals surface area (Å²) in [6, 6.07) is 12.4. The molecular formula is C15H13ClN2S2. The Morgan fingerprint density at radius 1 is 1.20 bits per heavy atom.